The summed E-state index contributed by atoms with van der Waals surface area (Å²) >= 11 is 0. The Kier molecular flexibility index (Phi) is 3.94. The van der Waals surface area contributed by atoms with Crippen molar-refractivity contribution in [2.75, 3.05) is 0 Å². The van der Waals surface area contributed by atoms with Crippen molar-refractivity contribution in [3.63, 3.8) is 0 Å². The Hall–Kier alpha value is -2.17. The number of rotatable bonds is 5. The molecule has 4 nitrogen and oxygen atoms in total. The number of carbonyl (C=O) groups is 1. The van der Waals surface area contributed by atoms with Crippen LogP contribution >= 0.6 is 0 Å². The molecule has 5 heteroatoms. The molecule has 0 atom stereocenters. The van der Waals surface area contributed by atoms with Gasteiger partial charge in [0, 0.05) is 0 Å². The van der Waals surface area contributed by atoms with Crippen molar-refractivity contribution in [2.45, 2.75) is 26.3 Å². The summed E-state index contributed by atoms with van der Waals surface area (Å²) in [6, 6.07) is 6.12. The highest BCUT2D eigenvalue weighted by Gasteiger charge is 2.15. The van der Waals surface area contributed by atoms with E-state index in [9.17, 15) is 9.18 Å². The van der Waals surface area contributed by atoms with Crippen molar-refractivity contribution in [2.24, 2.45) is 0 Å². The molecule has 0 amide bonds. The molecule has 1 aromatic heterocycles. The SMILES string of the molecule is CCCc1c(C(=O)O)cnn1Cc1ccc(F)cc1. The highest BCUT2D eigenvalue weighted by atomic mass is 19.1. The van der Waals surface area contributed by atoms with Crippen LogP contribution in [-0.4, -0.2) is 20.9 Å². The van der Waals surface area contributed by atoms with E-state index in [1.807, 2.05) is 6.92 Å². The van der Waals surface area contributed by atoms with Gasteiger partial charge in [-0.25, -0.2) is 9.18 Å². The first-order valence-corrected chi connectivity index (χ1v) is 6.14. The number of carboxylic acid groups (broad SMARTS) is 1. The average Bonchev–Trinajstić information content (AvgIpc) is 2.76. The minimum atomic E-state index is -0.964. The lowest BCUT2D eigenvalue weighted by Gasteiger charge is -2.08. The van der Waals surface area contributed by atoms with E-state index in [4.69, 9.17) is 5.11 Å². The number of hydrogen-bond acceptors (Lipinski definition) is 2. The summed E-state index contributed by atoms with van der Waals surface area (Å²) in [5.41, 5.74) is 1.84. The molecular formula is C14H15FN2O2. The van der Waals surface area contributed by atoms with E-state index in [1.54, 1.807) is 16.8 Å². The summed E-state index contributed by atoms with van der Waals surface area (Å²) in [4.78, 5) is 11.1. The van der Waals surface area contributed by atoms with E-state index < -0.39 is 5.97 Å². The van der Waals surface area contributed by atoms with Crippen LogP contribution < -0.4 is 0 Å². The number of nitrogens with zero attached hydrogens (tertiary/aromatic N) is 2. The fraction of sp³-hybridized carbons (Fsp3) is 0.286. The van der Waals surface area contributed by atoms with Gasteiger partial charge in [0.15, 0.2) is 0 Å². The summed E-state index contributed by atoms with van der Waals surface area (Å²) in [5, 5.41) is 13.2. The molecule has 0 spiro atoms. The molecule has 0 unspecified atom stereocenters. The molecule has 100 valence electrons. The average molecular weight is 262 g/mol. The second-order valence-electron chi connectivity index (χ2n) is 4.34. The van der Waals surface area contributed by atoms with E-state index in [0.29, 0.717) is 18.7 Å². The number of aromatic nitrogens is 2. The summed E-state index contributed by atoms with van der Waals surface area (Å²) in [7, 11) is 0. The van der Waals surface area contributed by atoms with Crippen LogP contribution in [0.3, 0.4) is 0 Å². The van der Waals surface area contributed by atoms with E-state index in [-0.39, 0.29) is 11.4 Å². The van der Waals surface area contributed by atoms with Gasteiger partial charge >= 0.3 is 5.97 Å². The van der Waals surface area contributed by atoms with Crippen molar-refractivity contribution in [3.8, 4) is 0 Å². The maximum absolute atomic E-state index is 12.8. The van der Waals surface area contributed by atoms with Gasteiger partial charge in [0.1, 0.15) is 11.4 Å². The van der Waals surface area contributed by atoms with Crippen LogP contribution in [0.15, 0.2) is 30.5 Å². The lowest BCUT2D eigenvalue weighted by molar-refractivity contribution is 0.0695. The van der Waals surface area contributed by atoms with Gasteiger partial charge in [-0.15, -0.1) is 0 Å². The van der Waals surface area contributed by atoms with Gasteiger partial charge in [-0.1, -0.05) is 25.5 Å². The van der Waals surface area contributed by atoms with E-state index in [0.717, 1.165) is 12.0 Å². The van der Waals surface area contributed by atoms with E-state index >= 15 is 0 Å². The molecule has 0 aliphatic rings. The number of halogens is 1. The second kappa shape index (κ2) is 5.65. The van der Waals surface area contributed by atoms with Crippen LogP contribution in [0.1, 0.15) is 35.0 Å². The van der Waals surface area contributed by atoms with Gasteiger partial charge < -0.3 is 5.11 Å². The second-order valence-corrected chi connectivity index (χ2v) is 4.34. The van der Waals surface area contributed by atoms with Gasteiger partial charge in [-0.05, 0) is 24.1 Å². The first-order valence-electron chi connectivity index (χ1n) is 6.14. The molecule has 0 aliphatic heterocycles. The predicted octanol–water partition coefficient (Wildman–Crippen LogP) is 2.72. The monoisotopic (exact) mass is 262 g/mol. The Morgan fingerprint density at radius 3 is 2.63 bits per heavy atom. The molecule has 1 aromatic carbocycles. The van der Waals surface area contributed by atoms with Crippen molar-refractivity contribution >= 4 is 5.97 Å². The van der Waals surface area contributed by atoms with Crippen molar-refractivity contribution < 1.29 is 14.3 Å². The lowest BCUT2D eigenvalue weighted by atomic mass is 10.1. The normalized spacial score (nSPS) is 10.6. The summed E-state index contributed by atoms with van der Waals surface area (Å²) in [6.45, 7) is 2.43. The Bertz CT molecular complexity index is 576. The van der Waals surface area contributed by atoms with Crippen molar-refractivity contribution in [3.05, 3.63) is 53.1 Å². The van der Waals surface area contributed by atoms with Gasteiger partial charge in [0.25, 0.3) is 0 Å². The number of hydrogen-bond donors (Lipinski definition) is 1. The largest absolute Gasteiger partial charge is 0.478 e. The highest BCUT2D eigenvalue weighted by molar-refractivity contribution is 5.88. The third-order valence-corrected chi connectivity index (χ3v) is 2.91. The van der Waals surface area contributed by atoms with Gasteiger partial charge in [0.2, 0.25) is 0 Å². The van der Waals surface area contributed by atoms with E-state index in [1.165, 1.54) is 18.3 Å². The van der Waals surface area contributed by atoms with Crippen molar-refractivity contribution in [1.82, 2.24) is 9.78 Å². The molecule has 0 fully saturated rings. The highest BCUT2D eigenvalue weighted by Crippen LogP contribution is 2.14. The Balaban J connectivity index is 2.29. The Morgan fingerprint density at radius 1 is 1.37 bits per heavy atom. The summed E-state index contributed by atoms with van der Waals surface area (Å²) in [5.74, 6) is -1.25. The van der Waals surface area contributed by atoms with Crippen LogP contribution in [0.25, 0.3) is 0 Å². The molecular weight excluding hydrogens is 247 g/mol. The maximum Gasteiger partial charge on any atom is 0.339 e. The van der Waals surface area contributed by atoms with Gasteiger partial charge in [-0.2, -0.15) is 5.10 Å². The molecule has 19 heavy (non-hydrogen) atoms. The lowest BCUT2D eigenvalue weighted by Crippen LogP contribution is -2.09. The van der Waals surface area contributed by atoms with E-state index in [2.05, 4.69) is 5.10 Å². The van der Waals surface area contributed by atoms with Crippen molar-refractivity contribution in [1.29, 1.82) is 0 Å². The molecule has 0 bridgehead atoms. The van der Waals surface area contributed by atoms with Crippen LogP contribution in [0.2, 0.25) is 0 Å². The zero-order valence-corrected chi connectivity index (χ0v) is 10.6. The van der Waals surface area contributed by atoms with Crippen LogP contribution in [0, 0.1) is 5.82 Å². The molecule has 1 heterocycles. The zero-order valence-electron chi connectivity index (χ0n) is 10.6. The van der Waals surface area contributed by atoms with Crippen LogP contribution in [0.4, 0.5) is 4.39 Å². The fourth-order valence-corrected chi connectivity index (χ4v) is 1.99. The minimum absolute atomic E-state index is 0.240. The first kappa shape index (κ1) is 13.3. The maximum atomic E-state index is 12.8. The number of carboxylic acids is 1. The topological polar surface area (TPSA) is 55.1 Å². The molecule has 2 aromatic rings. The first-order chi connectivity index (χ1) is 9.11. The third kappa shape index (κ3) is 2.99. The number of benzene rings is 1. The van der Waals surface area contributed by atoms with Crippen LogP contribution in [-0.2, 0) is 13.0 Å². The smallest absolute Gasteiger partial charge is 0.339 e. The van der Waals surface area contributed by atoms with Gasteiger partial charge in [0.05, 0.1) is 18.4 Å². The Labute approximate surface area is 110 Å². The summed E-state index contributed by atoms with van der Waals surface area (Å²) in [6.07, 6.45) is 2.87. The molecule has 0 saturated carbocycles. The predicted molar refractivity (Wildman–Crippen MR) is 68.7 cm³/mol. The third-order valence-electron chi connectivity index (χ3n) is 2.91. The molecule has 0 aliphatic carbocycles. The summed E-state index contributed by atoms with van der Waals surface area (Å²) < 4.78 is 14.5. The van der Waals surface area contributed by atoms with Gasteiger partial charge in [-0.3, -0.25) is 4.68 Å². The molecule has 1 N–H and O–H groups in total. The number of aromatic carboxylic acids is 1. The molecule has 0 saturated heterocycles. The van der Waals surface area contributed by atoms with Crippen LogP contribution in [0.5, 0.6) is 0 Å². The quantitative estimate of drug-likeness (QED) is 0.901. The molecule has 2 rings (SSSR count). The standard InChI is InChI=1S/C14H15FN2O2/c1-2-3-13-12(14(18)19)8-16-17(13)9-10-4-6-11(15)7-5-10/h4-8H,2-3,9H2,1H3,(H,18,19). The minimum Gasteiger partial charge on any atom is -0.478 e. The Morgan fingerprint density at radius 2 is 2.05 bits per heavy atom. The fourth-order valence-electron chi connectivity index (χ4n) is 1.99. The zero-order chi connectivity index (χ0) is 13.8. The molecule has 0 radical (unpaired) electrons.